The molecule has 1 saturated heterocycles. The average molecular weight is 239 g/mol. The molecule has 1 aromatic rings. The highest BCUT2D eigenvalue weighted by Gasteiger charge is 2.16. The highest BCUT2D eigenvalue weighted by molar-refractivity contribution is 7.12. The lowest BCUT2D eigenvalue weighted by atomic mass is 10.00. The maximum absolute atomic E-state index is 10.6. The van der Waals surface area contributed by atoms with Crippen molar-refractivity contribution in [2.45, 2.75) is 12.8 Å². The van der Waals surface area contributed by atoms with Gasteiger partial charge in [-0.25, -0.2) is 0 Å². The van der Waals surface area contributed by atoms with Crippen LogP contribution in [-0.2, 0) is 4.74 Å². The molecular weight excluding hydrogens is 222 g/mol. The van der Waals surface area contributed by atoms with Gasteiger partial charge in [-0.05, 0) is 24.8 Å². The van der Waals surface area contributed by atoms with Gasteiger partial charge in [-0.1, -0.05) is 0 Å². The van der Waals surface area contributed by atoms with Crippen molar-refractivity contribution in [1.82, 2.24) is 0 Å². The van der Waals surface area contributed by atoms with Gasteiger partial charge in [-0.2, -0.15) is 0 Å². The van der Waals surface area contributed by atoms with Gasteiger partial charge in [0.25, 0.3) is 0 Å². The minimum atomic E-state index is 0.721. The van der Waals surface area contributed by atoms with E-state index in [0.29, 0.717) is 0 Å². The number of rotatable bonds is 4. The summed E-state index contributed by atoms with van der Waals surface area (Å²) in [5.74, 6) is 0.721. The van der Waals surface area contributed by atoms with E-state index in [2.05, 4.69) is 11.9 Å². The molecule has 0 aliphatic carbocycles. The summed E-state index contributed by atoms with van der Waals surface area (Å²) in [6.07, 6.45) is 3.21. The Morgan fingerprint density at radius 1 is 1.56 bits per heavy atom. The second kappa shape index (κ2) is 5.46. The van der Waals surface area contributed by atoms with Crippen molar-refractivity contribution in [2.75, 3.05) is 31.7 Å². The van der Waals surface area contributed by atoms with Crippen molar-refractivity contribution in [3.05, 3.63) is 16.3 Å². The van der Waals surface area contributed by atoms with Gasteiger partial charge in [0, 0.05) is 37.9 Å². The van der Waals surface area contributed by atoms with E-state index >= 15 is 0 Å². The molecule has 0 aromatic carbocycles. The molecule has 0 spiro atoms. The first-order chi connectivity index (χ1) is 7.79. The van der Waals surface area contributed by atoms with Gasteiger partial charge in [0.1, 0.15) is 0 Å². The zero-order valence-electron chi connectivity index (χ0n) is 9.52. The molecule has 1 aliphatic heterocycles. The number of aldehydes is 1. The van der Waals surface area contributed by atoms with Crippen molar-refractivity contribution in [2.24, 2.45) is 5.92 Å². The smallest absolute Gasteiger partial charge is 0.160 e. The van der Waals surface area contributed by atoms with Gasteiger partial charge >= 0.3 is 0 Å². The lowest BCUT2D eigenvalue weighted by Gasteiger charge is -2.27. The minimum Gasteiger partial charge on any atom is -0.381 e. The Morgan fingerprint density at radius 3 is 2.94 bits per heavy atom. The summed E-state index contributed by atoms with van der Waals surface area (Å²) in [5.41, 5.74) is 1.15. The lowest BCUT2D eigenvalue weighted by Crippen LogP contribution is -2.29. The molecule has 2 heterocycles. The summed E-state index contributed by atoms with van der Waals surface area (Å²) < 4.78 is 5.35. The summed E-state index contributed by atoms with van der Waals surface area (Å²) in [5, 5.41) is 2.04. The molecule has 0 N–H and O–H groups in total. The molecule has 4 heteroatoms. The monoisotopic (exact) mass is 239 g/mol. The summed E-state index contributed by atoms with van der Waals surface area (Å²) in [6, 6.07) is 1.96. The van der Waals surface area contributed by atoms with E-state index in [4.69, 9.17) is 4.74 Å². The molecule has 0 amide bonds. The van der Waals surface area contributed by atoms with Crippen LogP contribution in [0, 0.1) is 5.92 Å². The van der Waals surface area contributed by atoms with Crippen molar-refractivity contribution >= 4 is 23.3 Å². The van der Waals surface area contributed by atoms with Crippen molar-refractivity contribution in [1.29, 1.82) is 0 Å². The predicted octanol–water partition coefficient (Wildman–Crippen LogP) is 2.42. The lowest BCUT2D eigenvalue weighted by molar-refractivity contribution is 0.0685. The van der Waals surface area contributed by atoms with Crippen LogP contribution in [0.4, 0.5) is 5.69 Å². The zero-order valence-corrected chi connectivity index (χ0v) is 10.3. The molecule has 1 aliphatic rings. The number of hydrogen-bond donors (Lipinski definition) is 0. The van der Waals surface area contributed by atoms with Crippen LogP contribution in [0.25, 0.3) is 0 Å². The van der Waals surface area contributed by atoms with Crippen LogP contribution in [0.5, 0.6) is 0 Å². The van der Waals surface area contributed by atoms with E-state index in [1.54, 1.807) is 0 Å². The summed E-state index contributed by atoms with van der Waals surface area (Å²) in [4.78, 5) is 13.6. The Kier molecular flexibility index (Phi) is 3.96. The van der Waals surface area contributed by atoms with Gasteiger partial charge < -0.3 is 9.64 Å². The first kappa shape index (κ1) is 11.6. The minimum absolute atomic E-state index is 0.721. The molecule has 0 atom stereocenters. The molecule has 0 saturated carbocycles. The second-order valence-electron chi connectivity index (χ2n) is 4.26. The van der Waals surface area contributed by atoms with Crippen molar-refractivity contribution < 1.29 is 9.53 Å². The SMILES string of the molecule is CN(CC1CCOCC1)c1csc(C=O)c1. The fourth-order valence-electron chi connectivity index (χ4n) is 2.03. The van der Waals surface area contributed by atoms with Gasteiger partial charge in [0.05, 0.1) is 4.88 Å². The molecule has 88 valence electrons. The standard InChI is InChI=1S/C12H17NO2S/c1-13(7-10-2-4-15-5-3-10)11-6-12(8-14)16-9-11/h6,8-10H,2-5,7H2,1H3. The van der Waals surface area contributed by atoms with E-state index in [-0.39, 0.29) is 0 Å². The normalized spacial score (nSPS) is 17.3. The predicted molar refractivity (Wildman–Crippen MR) is 66.5 cm³/mol. The van der Waals surface area contributed by atoms with Gasteiger partial charge in [0.2, 0.25) is 0 Å². The number of carbonyl (C=O) groups excluding carboxylic acids is 1. The van der Waals surface area contributed by atoms with Crippen LogP contribution >= 0.6 is 11.3 Å². The van der Waals surface area contributed by atoms with E-state index in [1.807, 2.05) is 11.4 Å². The highest BCUT2D eigenvalue weighted by atomic mass is 32.1. The van der Waals surface area contributed by atoms with Gasteiger partial charge in [-0.15, -0.1) is 11.3 Å². The Morgan fingerprint density at radius 2 is 2.31 bits per heavy atom. The molecule has 2 rings (SSSR count). The Hall–Kier alpha value is -0.870. The third kappa shape index (κ3) is 2.83. The van der Waals surface area contributed by atoms with E-state index < -0.39 is 0 Å². The Balaban J connectivity index is 1.90. The molecule has 0 unspecified atom stereocenters. The summed E-state index contributed by atoms with van der Waals surface area (Å²) in [7, 11) is 2.09. The Labute approximate surface area is 100 Å². The highest BCUT2D eigenvalue weighted by Crippen LogP contribution is 2.24. The number of ether oxygens (including phenoxy) is 1. The molecule has 16 heavy (non-hydrogen) atoms. The quantitative estimate of drug-likeness (QED) is 0.756. The van der Waals surface area contributed by atoms with Crippen LogP contribution in [0.3, 0.4) is 0 Å². The number of nitrogens with zero attached hydrogens (tertiary/aromatic N) is 1. The first-order valence-electron chi connectivity index (χ1n) is 5.62. The molecule has 0 bridgehead atoms. The topological polar surface area (TPSA) is 29.5 Å². The van der Waals surface area contributed by atoms with Crippen LogP contribution in [0.2, 0.25) is 0 Å². The zero-order chi connectivity index (χ0) is 11.4. The summed E-state index contributed by atoms with van der Waals surface area (Å²) in [6.45, 7) is 2.84. The Bertz CT molecular complexity index is 345. The third-order valence-electron chi connectivity index (χ3n) is 3.04. The summed E-state index contributed by atoms with van der Waals surface area (Å²) >= 11 is 1.51. The van der Waals surface area contributed by atoms with Crippen LogP contribution in [0.15, 0.2) is 11.4 Å². The molecule has 3 nitrogen and oxygen atoms in total. The molecular formula is C12H17NO2S. The first-order valence-corrected chi connectivity index (χ1v) is 6.50. The van der Waals surface area contributed by atoms with E-state index in [0.717, 1.165) is 55.4 Å². The van der Waals surface area contributed by atoms with Crippen LogP contribution in [0.1, 0.15) is 22.5 Å². The average Bonchev–Trinajstić information content (AvgIpc) is 2.79. The maximum Gasteiger partial charge on any atom is 0.160 e. The van der Waals surface area contributed by atoms with Crippen LogP contribution in [-0.4, -0.2) is 33.1 Å². The van der Waals surface area contributed by atoms with Crippen LogP contribution < -0.4 is 4.90 Å². The van der Waals surface area contributed by atoms with Gasteiger partial charge in [0.15, 0.2) is 6.29 Å². The maximum atomic E-state index is 10.6. The number of anilines is 1. The fraction of sp³-hybridized carbons (Fsp3) is 0.583. The second-order valence-corrected chi connectivity index (χ2v) is 5.20. The molecule has 0 radical (unpaired) electrons. The van der Waals surface area contributed by atoms with E-state index in [9.17, 15) is 4.79 Å². The number of hydrogen-bond acceptors (Lipinski definition) is 4. The largest absolute Gasteiger partial charge is 0.381 e. The number of thiophene rings is 1. The van der Waals surface area contributed by atoms with E-state index in [1.165, 1.54) is 11.3 Å². The third-order valence-corrected chi connectivity index (χ3v) is 3.88. The molecule has 1 fully saturated rings. The van der Waals surface area contributed by atoms with Crippen molar-refractivity contribution in [3.63, 3.8) is 0 Å². The number of carbonyl (C=O) groups is 1. The molecule has 1 aromatic heterocycles. The fourth-order valence-corrected chi connectivity index (χ4v) is 2.78. The van der Waals surface area contributed by atoms with Crippen molar-refractivity contribution in [3.8, 4) is 0 Å². The van der Waals surface area contributed by atoms with Gasteiger partial charge in [-0.3, -0.25) is 4.79 Å².